The average molecular weight is 368 g/mol. The maximum absolute atomic E-state index is 13.0. The predicted molar refractivity (Wildman–Crippen MR) is 107 cm³/mol. The van der Waals surface area contributed by atoms with Crippen LogP contribution in [0.3, 0.4) is 0 Å². The van der Waals surface area contributed by atoms with Crippen LogP contribution in [0, 0.1) is 0 Å². The summed E-state index contributed by atoms with van der Waals surface area (Å²) < 4.78 is 5.14. The van der Waals surface area contributed by atoms with Crippen LogP contribution in [0.25, 0.3) is 6.08 Å². The molecule has 2 aromatic rings. The van der Waals surface area contributed by atoms with Gasteiger partial charge in [0.15, 0.2) is 16.7 Å². The van der Waals surface area contributed by atoms with Gasteiger partial charge in [-0.3, -0.25) is 14.7 Å². The summed E-state index contributed by atoms with van der Waals surface area (Å²) in [4.78, 5) is 19.8. The lowest BCUT2D eigenvalue weighted by atomic mass is 10.2. The van der Waals surface area contributed by atoms with Gasteiger partial charge in [0.25, 0.3) is 5.91 Å². The molecule has 26 heavy (non-hydrogen) atoms. The van der Waals surface area contributed by atoms with Crippen molar-refractivity contribution in [3.05, 3.63) is 59.0 Å². The van der Waals surface area contributed by atoms with E-state index in [0.717, 1.165) is 11.3 Å². The van der Waals surface area contributed by atoms with Gasteiger partial charge >= 0.3 is 0 Å². The number of aromatic hydroxyl groups is 1. The van der Waals surface area contributed by atoms with E-state index in [-0.39, 0.29) is 17.7 Å². The molecule has 0 spiro atoms. The summed E-state index contributed by atoms with van der Waals surface area (Å²) in [5.74, 6) is 0.312. The molecule has 1 N–H and O–H groups in total. The molecule has 134 valence electrons. The number of hydrogen-bond donors (Lipinski definition) is 1. The number of rotatable bonds is 4. The highest BCUT2D eigenvalue weighted by atomic mass is 32.2. The zero-order valence-corrected chi connectivity index (χ0v) is 15.7. The smallest absolute Gasteiger partial charge is 0.271 e. The number of amidine groups is 1. The molecule has 0 radical (unpaired) electrons. The van der Waals surface area contributed by atoms with Crippen molar-refractivity contribution in [1.82, 2.24) is 0 Å². The van der Waals surface area contributed by atoms with E-state index in [4.69, 9.17) is 4.74 Å². The Balaban J connectivity index is 2.01. The van der Waals surface area contributed by atoms with E-state index in [1.165, 1.54) is 18.9 Å². The van der Waals surface area contributed by atoms with Crippen molar-refractivity contribution in [1.29, 1.82) is 0 Å². The first kappa shape index (κ1) is 18.1. The third-order valence-electron chi connectivity index (χ3n) is 3.69. The summed E-state index contributed by atoms with van der Waals surface area (Å²) >= 11 is 1.35. The molecular formula is C20H20N2O3S. The topological polar surface area (TPSA) is 62.1 Å². The van der Waals surface area contributed by atoms with Crippen molar-refractivity contribution < 1.29 is 14.6 Å². The zero-order valence-electron chi connectivity index (χ0n) is 14.8. The number of aliphatic imine (C=N–C) groups is 1. The Hall–Kier alpha value is -2.73. The van der Waals surface area contributed by atoms with Crippen molar-refractivity contribution in [2.45, 2.75) is 19.9 Å². The number of hydrogen-bond acceptors (Lipinski definition) is 5. The van der Waals surface area contributed by atoms with Crippen LogP contribution in [0.4, 0.5) is 5.69 Å². The Bertz CT molecular complexity index is 876. The van der Waals surface area contributed by atoms with Gasteiger partial charge in [-0.05, 0) is 61.5 Å². The van der Waals surface area contributed by atoms with Crippen LogP contribution < -0.4 is 9.64 Å². The number of phenols is 1. The molecule has 1 fully saturated rings. The van der Waals surface area contributed by atoms with Gasteiger partial charge in [-0.2, -0.15) is 0 Å². The molecule has 0 atom stereocenters. The third kappa shape index (κ3) is 3.75. The van der Waals surface area contributed by atoms with E-state index in [9.17, 15) is 9.90 Å². The van der Waals surface area contributed by atoms with Gasteiger partial charge in [-0.25, -0.2) is 0 Å². The quantitative estimate of drug-likeness (QED) is 0.818. The maximum atomic E-state index is 13.0. The van der Waals surface area contributed by atoms with E-state index >= 15 is 0 Å². The number of thioether (sulfide) groups is 1. The van der Waals surface area contributed by atoms with Crippen LogP contribution >= 0.6 is 11.8 Å². The molecule has 0 aliphatic carbocycles. The third-order valence-corrected chi connectivity index (χ3v) is 4.67. The van der Waals surface area contributed by atoms with Crippen LogP contribution in [0.15, 0.2) is 58.4 Å². The SMILES string of the molecule is COc1cc(/C=C2\SC(=NC(C)C)N(c3ccccc3)C2=O)ccc1O. The summed E-state index contributed by atoms with van der Waals surface area (Å²) in [5.41, 5.74) is 1.56. The summed E-state index contributed by atoms with van der Waals surface area (Å²) in [7, 11) is 1.49. The lowest BCUT2D eigenvalue weighted by molar-refractivity contribution is -0.113. The molecule has 0 aromatic heterocycles. The monoisotopic (exact) mass is 368 g/mol. The molecule has 2 aromatic carbocycles. The Morgan fingerprint density at radius 1 is 1.19 bits per heavy atom. The minimum atomic E-state index is -0.118. The number of nitrogens with zero attached hydrogens (tertiary/aromatic N) is 2. The number of carbonyl (C=O) groups excluding carboxylic acids is 1. The molecular weight excluding hydrogens is 348 g/mol. The molecule has 1 aliphatic heterocycles. The summed E-state index contributed by atoms with van der Waals surface area (Å²) in [6.45, 7) is 3.96. The highest BCUT2D eigenvalue weighted by Crippen LogP contribution is 2.37. The second-order valence-electron chi connectivity index (χ2n) is 6.02. The van der Waals surface area contributed by atoms with E-state index in [0.29, 0.717) is 15.8 Å². The summed E-state index contributed by atoms with van der Waals surface area (Å²) in [6, 6.07) is 14.5. The Kier molecular flexibility index (Phi) is 5.32. The molecule has 1 aliphatic rings. The normalized spacial score (nSPS) is 17.5. The molecule has 3 rings (SSSR count). The number of ether oxygens (including phenoxy) is 1. The standard InChI is InChI=1S/C20H20N2O3S/c1-13(2)21-20-22(15-7-5-4-6-8-15)19(24)18(26-20)12-14-9-10-16(23)17(11-14)25-3/h4-13,23H,1-3H3/b18-12-,21-20?. The Morgan fingerprint density at radius 3 is 2.58 bits per heavy atom. The van der Waals surface area contributed by atoms with Crippen LogP contribution in [0.5, 0.6) is 11.5 Å². The van der Waals surface area contributed by atoms with Crippen molar-refractivity contribution in [2.75, 3.05) is 12.0 Å². The number of carbonyl (C=O) groups is 1. The first-order valence-corrected chi connectivity index (χ1v) is 9.05. The van der Waals surface area contributed by atoms with E-state index in [1.807, 2.05) is 44.2 Å². The van der Waals surface area contributed by atoms with Gasteiger partial charge in [-0.15, -0.1) is 0 Å². The fraction of sp³-hybridized carbons (Fsp3) is 0.200. The zero-order chi connectivity index (χ0) is 18.7. The predicted octanol–water partition coefficient (Wildman–Crippen LogP) is 4.29. The van der Waals surface area contributed by atoms with Gasteiger partial charge in [0.1, 0.15) is 0 Å². The minimum absolute atomic E-state index is 0.0630. The first-order chi connectivity index (χ1) is 12.5. The Morgan fingerprint density at radius 2 is 1.92 bits per heavy atom. The van der Waals surface area contributed by atoms with Gasteiger partial charge in [-0.1, -0.05) is 24.3 Å². The second-order valence-corrected chi connectivity index (χ2v) is 7.03. The average Bonchev–Trinajstić information content (AvgIpc) is 2.91. The maximum Gasteiger partial charge on any atom is 0.271 e. The number of anilines is 1. The number of benzene rings is 2. The van der Waals surface area contributed by atoms with Crippen molar-refractivity contribution in [3.8, 4) is 11.5 Å². The van der Waals surface area contributed by atoms with Crippen LogP contribution in [-0.4, -0.2) is 29.3 Å². The highest BCUT2D eigenvalue weighted by Gasteiger charge is 2.34. The molecule has 1 saturated heterocycles. The van der Waals surface area contributed by atoms with Gasteiger partial charge in [0, 0.05) is 6.04 Å². The van der Waals surface area contributed by atoms with Crippen LogP contribution in [0.2, 0.25) is 0 Å². The minimum Gasteiger partial charge on any atom is -0.504 e. The van der Waals surface area contributed by atoms with E-state index < -0.39 is 0 Å². The molecule has 5 nitrogen and oxygen atoms in total. The fourth-order valence-electron chi connectivity index (χ4n) is 2.52. The molecule has 0 bridgehead atoms. The molecule has 0 saturated carbocycles. The number of phenolic OH excluding ortho intramolecular Hbond substituents is 1. The van der Waals surface area contributed by atoms with Crippen LogP contribution in [0.1, 0.15) is 19.4 Å². The highest BCUT2D eigenvalue weighted by molar-refractivity contribution is 8.19. The lowest BCUT2D eigenvalue weighted by Gasteiger charge is -2.16. The number of para-hydroxylation sites is 1. The lowest BCUT2D eigenvalue weighted by Crippen LogP contribution is -2.29. The Labute approximate surface area is 157 Å². The van der Waals surface area contributed by atoms with Gasteiger partial charge in [0.2, 0.25) is 0 Å². The number of methoxy groups -OCH3 is 1. The van der Waals surface area contributed by atoms with Gasteiger partial charge < -0.3 is 9.84 Å². The fourth-order valence-corrected chi connectivity index (χ4v) is 3.63. The van der Waals surface area contributed by atoms with Gasteiger partial charge in [0.05, 0.1) is 17.7 Å². The first-order valence-electron chi connectivity index (χ1n) is 8.23. The summed E-state index contributed by atoms with van der Waals surface area (Å²) in [5, 5.41) is 10.4. The largest absolute Gasteiger partial charge is 0.504 e. The van der Waals surface area contributed by atoms with E-state index in [1.54, 1.807) is 29.2 Å². The molecule has 6 heteroatoms. The van der Waals surface area contributed by atoms with Crippen molar-refractivity contribution in [2.24, 2.45) is 4.99 Å². The van der Waals surface area contributed by atoms with Crippen molar-refractivity contribution in [3.63, 3.8) is 0 Å². The van der Waals surface area contributed by atoms with Crippen molar-refractivity contribution >= 4 is 34.6 Å². The van der Waals surface area contributed by atoms with E-state index in [2.05, 4.69) is 4.99 Å². The second kappa shape index (κ2) is 7.66. The molecule has 1 heterocycles. The molecule has 0 unspecified atom stereocenters. The van der Waals surface area contributed by atoms with Crippen LogP contribution in [-0.2, 0) is 4.79 Å². The molecule has 1 amide bonds. The number of amides is 1. The summed E-state index contributed by atoms with van der Waals surface area (Å²) in [6.07, 6.45) is 1.79.